The molecule has 0 saturated carbocycles. The molecule has 2 aromatic carbocycles. The van der Waals surface area contributed by atoms with Crippen molar-refractivity contribution < 1.29 is 18.7 Å². The molecule has 1 heterocycles. The van der Waals surface area contributed by atoms with Gasteiger partial charge in [-0.2, -0.15) is 0 Å². The number of para-hydroxylation sites is 1. The molecule has 0 saturated heterocycles. The number of benzene rings is 2. The molecule has 0 aliphatic heterocycles. The van der Waals surface area contributed by atoms with Gasteiger partial charge in [-0.25, -0.2) is 0 Å². The van der Waals surface area contributed by atoms with E-state index in [4.69, 9.17) is 25.5 Å². The molecule has 8 heteroatoms. The Hall–Kier alpha value is -3.06. The van der Waals surface area contributed by atoms with Crippen LogP contribution >= 0.6 is 11.6 Å². The van der Waals surface area contributed by atoms with Gasteiger partial charge in [0.2, 0.25) is 5.89 Å². The Labute approximate surface area is 148 Å². The maximum atomic E-state index is 12.5. The number of rotatable bonds is 5. The van der Waals surface area contributed by atoms with E-state index in [1.54, 1.807) is 42.5 Å². The van der Waals surface area contributed by atoms with Gasteiger partial charge in [-0.1, -0.05) is 22.8 Å². The number of nitrogens with zero attached hydrogens (tertiary/aromatic N) is 2. The first-order valence-electron chi connectivity index (χ1n) is 7.24. The number of hydrogen-bond acceptors (Lipinski definition) is 6. The topological polar surface area (TPSA) is 86.5 Å². The van der Waals surface area contributed by atoms with E-state index in [0.717, 1.165) is 0 Å². The van der Waals surface area contributed by atoms with Crippen molar-refractivity contribution in [2.75, 3.05) is 19.5 Å². The molecule has 7 nitrogen and oxygen atoms in total. The molecule has 0 bridgehead atoms. The summed E-state index contributed by atoms with van der Waals surface area (Å²) in [6.07, 6.45) is 0. The average molecular weight is 360 g/mol. The van der Waals surface area contributed by atoms with E-state index >= 15 is 0 Å². The molecule has 0 aliphatic carbocycles. The second-order valence-corrected chi connectivity index (χ2v) is 5.35. The Balaban J connectivity index is 1.82. The summed E-state index contributed by atoms with van der Waals surface area (Å²) >= 11 is 5.85. The van der Waals surface area contributed by atoms with Crippen LogP contribution in [0.3, 0.4) is 0 Å². The van der Waals surface area contributed by atoms with E-state index in [-0.39, 0.29) is 17.5 Å². The largest absolute Gasteiger partial charge is 0.493 e. The third-order valence-corrected chi connectivity index (χ3v) is 3.64. The lowest BCUT2D eigenvalue weighted by atomic mass is 10.1. The lowest BCUT2D eigenvalue weighted by molar-refractivity contribution is 0.102. The lowest BCUT2D eigenvalue weighted by Crippen LogP contribution is -2.13. The minimum atomic E-state index is -0.456. The third-order valence-electron chi connectivity index (χ3n) is 3.38. The highest BCUT2D eigenvalue weighted by atomic mass is 35.5. The molecule has 0 aliphatic rings. The van der Waals surface area contributed by atoms with Gasteiger partial charge in [-0.3, -0.25) is 10.1 Å². The van der Waals surface area contributed by atoms with Crippen LogP contribution in [0.5, 0.6) is 11.5 Å². The standard InChI is InChI=1S/C17H14ClN3O4/c1-23-13-5-3-4-12(14(13)24-2)15(22)19-17-21-20-16(25-17)10-6-8-11(18)9-7-10/h3-9H,1-2H3,(H,19,21,22). The predicted octanol–water partition coefficient (Wildman–Crippen LogP) is 3.66. The summed E-state index contributed by atoms with van der Waals surface area (Å²) in [6, 6.07) is 11.9. The SMILES string of the molecule is COc1cccc(C(=O)Nc2nnc(-c3ccc(Cl)cc3)o2)c1OC. The Bertz CT molecular complexity index is 893. The van der Waals surface area contributed by atoms with E-state index in [9.17, 15) is 4.79 Å². The molecule has 0 unspecified atom stereocenters. The number of anilines is 1. The predicted molar refractivity (Wildman–Crippen MR) is 92.2 cm³/mol. The van der Waals surface area contributed by atoms with Crippen LogP contribution < -0.4 is 14.8 Å². The zero-order valence-corrected chi connectivity index (χ0v) is 14.2. The average Bonchev–Trinajstić information content (AvgIpc) is 3.09. The molecule has 0 spiro atoms. The van der Waals surface area contributed by atoms with Crippen LogP contribution in [-0.4, -0.2) is 30.3 Å². The number of carbonyl (C=O) groups is 1. The van der Waals surface area contributed by atoms with Gasteiger partial charge in [0.1, 0.15) is 0 Å². The van der Waals surface area contributed by atoms with Crippen molar-refractivity contribution in [3.8, 4) is 23.0 Å². The Morgan fingerprint density at radius 2 is 1.84 bits per heavy atom. The van der Waals surface area contributed by atoms with Crippen molar-refractivity contribution in [1.82, 2.24) is 10.2 Å². The summed E-state index contributed by atoms with van der Waals surface area (Å²) in [6.45, 7) is 0. The monoisotopic (exact) mass is 359 g/mol. The number of hydrogen-bond donors (Lipinski definition) is 1. The second kappa shape index (κ2) is 7.23. The molecule has 3 aromatic rings. The van der Waals surface area contributed by atoms with Gasteiger partial charge >= 0.3 is 6.01 Å². The highest BCUT2D eigenvalue weighted by molar-refractivity contribution is 6.30. The normalized spacial score (nSPS) is 10.4. The van der Waals surface area contributed by atoms with Crippen molar-refractivity contribution in [1.29, 1.82) is 0 Å². The van der Waals surface area contributed by atoms with Gasteiger partial charge in [0.25, 0.3) is 5.91 Å². The second-order valence-electron chi connectivity index (χ2n) is 4.91. The summed E-state index contributed by atoms with van der Waals surface area (Å²) in [5.41, 5.74) is 0.976. The molecular formula is C17H14ClN3O4. The van der Waals surface area contributed by atoms with Gasteiger partial charge in [-0.05, 0) is 36.4 Å². The Morgan fingerprint density at radius 1 is 1.08 bits per heavy atom. The fourth-order valence-corrected chi connectivity index (χ4v) is 2.34. The zero-order valence-electron chi connectivity index (χ0n) is 13.4. The van der Waals surface area contributed by atoms with Crippen molar-refractivity contribution in [3.63, 3.8) is 0 Å². The quantitative estimate of drug-likeness (QED) is 0.748. The van der Waals surface area contributed by atoms with Crippen LogP contribution in [0.15, 0.2) is 46.9 Å². The highest BCUT2D eigenvalue weighted by Crippen LogP contribution is 2.31. The molecule has 1 amide bonds. The summed E-state index contributed by atoms with van der Waals surface area (Å²) in [7, 11) is 2.95. The van der Waals surface area contributed by atoms with E-state index in [1.165, 1.54) is 14.2 Å². The first-order valence-corrected chi connectivity index (χ1v) is 7.62. The fraction of sp³-hybridized carbons (Fsp3) is 0.118. The first-order chi connectivity index (χ1) is 12.1. The Morgan fingerprint density at radius 3 is 2.52 bits per heavy atom. The van der Waals surface area contributed by atoms with Gasteiger partial charge in [-0.15, -0.1) is 5.10 Å². The number of amides is 1. The van der Waals surface area contributed by atoms with E-state index in [2.05, 4.69) is 15.5 Å². The number of ether oxygens (including phenoxy) is 2. The minimum Gasteiger partial charge on any atom is -0.493 e. The van der Waals surface area contributed by atoms with Crippen LogP contribution in [0.25, 0.3) is 11.5 Å². The van der Waals surface area contributed by atoms with E-state index in [1.807, 2.05) is 0 Å². The van der Waals surface area contributed by atoms with Crippen molar-refractivity contribution in [3.05, 3.63) is 53.1 Å². The number of nitrogens with one attached hydrogen (secondary N) is 1. The third kappa shape index (κ3) is 3.56. The maximum Gasteiger partial charge on any atom is 0.322 e. The Kier molecular flexibility index (Phi) is 4.85. The van der Waals surface area contributed by atoms with Crippen LogP contribution in [0.4, 0.5) is 6.01 Å². The van der Waals surface area contributed by atoms with Gasteiger partial charge < -0.3 is 13.9 Å². The van der Waals surface area contributed by atoms with E-state index in [0.29, 0.717) is 22.1 Å². The lowest BCUT2D eigenvalue weighted by Gasteiger charge is -2.11. The first kappa shape index (κ1) is 16.8. The molecule has 128 valence electrons. The smallest absolute Gasteiger partial charge is 0.322 e. The molecule has 1 N–H and O–H groups in total. The summed E-state index contributed by atoms with van der Waals surface area (Å²) in [4.78, 5) is 12.5. The molecule has 0 radical (unpaired) electrons. The molecule has 3 rings (SSSR count). The number of aromatic nitrogens is 2. The molecule has 0 fully saturated rings. The van der Waals surface area contributed by atoms with E-state index < -0.39 is 5.91 Å². The molecule has 25 heavy (non-hydrogen) atoms. The maximum absolute atomic E-state index is 12.5. The summed E-state index contributed by atoms with van der Waals surface area (Å²) in [5, 5.41) is 10.9. The highest BCUT2D eigenvalue weighted by Gasteiger charge is 2.19. The number of carbonyl (C=O) groups excluding carboxylic acids is 1. The van der Waals surface area contributed by atoms with Crippen molar-refractivity contribution in [2.24, 2.45) is 0 Å². The zero-order chi connectivity index (χ0) is 17.8. The van der Waals surface area contributed by atoms with Crippen molar-refractivity contribution in [2.45, 2.75) is 0 Å². The van der Waals surface area contributed by atoms with Crippen LogP contribution in [-0.2, 0) is 0 Å². The van der Waals surface area contributed by atoms with Crippen LogP contribution in [0.1, 0.15) is 10.4 Å². The molecule has 1 aromatic heterocycles. The van der Waals surface area contributed by atoms with Crippen LogP contribution in [0, 0.1) is 0 Å². The fourth-order valence-electron chi connectivity index (χ4n) is 2.21. The number of halogens is 1. The summed E-state index contributed by atoms with van der Waals surface area (Å²) < 4.78 is 15.9. The van der Waals surface area contributed by atoms with Gasteiger partial charge in [0, 0.05) is 10.6 Å². The minimum absolute atomic E-state index is 0.0279. The molecule has 0 atom stereocenters. The number of methoxy groups -OCH3 is 2. The van der Waals surface area contributed by atoms with Gasteiger partial charge in [0.15, 0.2) is 11.5 Å². The molecular weight excluding hydrogens is 346 g/mol. The van der Waals surface area contributed by atoms with Gasteiger partial charge in [0.05, 0.1) is 19.8 Å². The summed E-state index contributed by atoms with van der Waals surface area (Å²) in [5.74, 6) is 0.578. The van der Waals surface area contributed by atoms with Crippen molar-refractivity contribution >= 4 is 23.5 Å². The van der Waals surface area contributed by atoms with Crippen LogP contribution in [0.2, 0.25) is 5.02 Å².